The number of nitrogens with one attached hydrogen (secondary N) is 2. The van der Waals surface area contributed by atoms with E-state index >= 15 is 0 Å². The predicted molar refractivity (Wildman–Crippen MR) is 145 cm³/mol. The smallest absolute Gasteiger partial charge is 0.251 e. The summed E-state index contributed by atoms with van der Waals surface area (Å²) in [6, 6.07) is 1.64. The van der Waals surface area contributed by atoms with Gasteiger partial charge in [0, 0.05) is 44.2 Å². The first-order chi connectivity index (χ1) is 18.0. The van der Waals surface area contributed by atoms with Crippen molar-refractivity contribution in [3.63, 3.8) is 0 Å². The summed E-state index contributed by atoms with van der Waals surface area (Å²) >= 11 is 0. The molecule has 3 heterocycles. The van der Waals surface area contributed by atoms with Crippen LogP contribution in [0.2, 0.25) is 0 Å². The fraction of sp³-hybridized carbons (Fsp3) is 0.690. The molecule has 1 saturated heterocycles. The van der Waals surface area contributed by atoms with Gasteiger partial charge >= 0.3 is 0 Å². The van der Waals surface area contributed by atoms with E-state index in [2.05, 4.69) is 44.1 Å². The number of amides is 2. The maximum Gasteiger partial charge on any atom is 0.251 e. The van der Waals surface area contributed by atoms with Crippen LogP contribution in [0, 0.1) is 5.41 Å². The van der Waals surface area contributed by atoms with Crippen molar-refractivity contribution in [1.82, 2.24) is 20.5 Å². The molecule has 0 aromatic carbocycles. The van der Waals surface area contributed by atoms with Crippen molar-refractivity contribution in [2.45, 2.75) is 96.1 Å². The molecular formula is C29H44N4O5. The normalized spacial score (nSPS) is 24.0. The molecule has 4 rings (SSSR count). The zero-order valence-corrected chi connectivity index (χ0v) is 23.3. The quantitative estimate of drug-likeness (QED) is 0.423. The van der Waals surface area contributed by atoms with Crippen LogP contribution in [-0.2, 0) is 20.7 Å². The molecule has 0 bridgehead atoms. The van der Waals surface area contributed by atoms with Gasteiger partial charge in [0.25, 0.3) is 5.91 Å². The molecule has 3 aliphatic rings. The number of pyridine rings is 1. The Labute approximate surface area is 226 Å². The highest BCUT2D eigenvalue weighted by Gasteiger charge is 2.46. The standard InChI is InChI=1S/C29H44N4O5/c1-6-8-22(32-26(36)25-18-33(19(2)34)11-12-37-25)24(35)17-30-23-15-29(9-7-10-29)38-27-21(23)13-20(16-31-27)14-28(3,4)5/h6,13,16,22-25,30,35H,1,7-12,14-15,17-18H2,2-5H3,(H,32,36)/t22-,23-,24+,25+/m0/s1. The average Bonchev–Trinajstić information content (AvgIpc) is 2.84. The second-order valence-corrected chi connectivity index (χ2v) is 12.3. The number of morpholine rings is 1. The highest BCUT2D eigenvalue weighted by atomic mass is 16.5. The van der Waals surface area contributed by atoms with E-state index in [0.717, 1.165) is 37.7 Å². The predicted octanol–water partition coefficient (Wildman–Crippen LogP) is 2.68. The molecular weight excluding hydrogens is 484 g/mol. The topological polar surface area (TPSA) is 113 Å². The molecule has 2 amide bonds. The number of aromatic nitrogens is 1. The van der Waals surface area contributed by atoms with Crippen molar-refractivity contribution in [2.75, 3.05) is 26.2 Å². The zero-order valence-electron chi connectivity index (χ0n) is 23.3. The van der Waals surface area contributed by atoms with Crippen LogP contribution in [0.5, 0.6) is 5.88 Å². The van der Waals surface area contributed by atoms with Gasteiger partial charge in [-0.2, -0.15) is 0 Å². The number of carbonyl (C=O) groups excluding carboxylic acids is 2. The second kappa shape index (κ2) is 11.7. The number of rotatable bonds is 9. The Kier molecular flexibility index (Phi) is 8.79. The van der Waals surface area contributed by atoms with E-state index in [1.54, 1.807) is 11.0 Å². The molecule has 3 N–H and O–H groups in total. The molecule has 9 heteroatoms. The Hall–Kier alpha value is -2.49. The van der Waals surface area contributed by atoms with Crippen molar-refractivity contribution in [3.05, 3.63) is 36.0 Å². The fourth-order valence-corrected chi connectivity index (χ4v) is 5.61. The third kappa shape index (κ3) is 6.93. The van der Waals surface area contributed by atoms with Crippen LogP contribution < -0.4 is 15.4 Å². The molecule has 2 fully saturated rings. The van der Waals surface area contributed by atoms with E-state index < -0.39 is 18.2 Å². The fourth-order valence-electron chi connectivity index (χ4n) is 5.61. The number of aliphatic hydroxyl groups is 1. The Balaban J connectivity index is 1.43. The monoisotopic (exact) mass is 528 g/mol. The molecule has 210 valence electrons. The van der Waals surface area contributed by atoms with Crippen LogP contribution in [0.3, 0.4) is 0 Å². The van der Waals surface area contributed by atoms with E-state index in [1.807, 2.05) is 6.20 Å². The Morgan fingerprint density at radius 2 is 2.13 bits per heavy atom. The molecule has 4 atom stereocenters. The van der Waals surface area contributed by atoms with Gasteiger partial charge in [-0.25, -0.2) is 4.98 Å². The minimum absolute atomic E-state index is 0.00740. The van der Waals surface area contributed by atoms with Crippen LogP contribution >= 0.6 is 0 Å². The number of ether oxygens (including phenoxy) is 2. The van der Waals surface area contributed by atoms with Crippen molar-refractivity contribution >= 4 is 11.8 Å². The van der Waals surface area contributed by atoms with Gasteiger partial charge < -0.3 is 30.1 Å². The van der Waals surface area contributed by atoms with Crippen LogP contribution in [0.25, 0.3) is 0 Å². The second-order valence-electron chi connectivity index (χ2n) is 12.3. The maximum absolute atomic E-state index is 12.9. The van der Waals surface area contributed by atoms with Crippen molar-refractivity contribution in [1.29, 1.82) is 0 Å². The summed E-state index contributed by atoms with van der Waals surface area (Å²) in [5, 5.41) is 17.6. The van der Waals surface area contributed by atoms with E-state index in [4.69, 9.17) is 14.5 Å². The summed E-state index contributed by atoms with van der Waals surface area (Å²) < 4.78 is 12.0. The molecule has 1 aromatic heterocycles. The van der Waals surface area contributed by atoms with Crippen molar-refractivity contribution in [3.8, 4) is 5.88 Å². The lowest BCUT2D eigenvalue weighted by Gasteiger charge is -2.47. The Morgan fingerprint density at radius 3 is 2.76 bits per heavy atom. The first kappa shape index (κ1) is 28.5. The first-order valence-electron chi connectivity index (χ1n) is 13.9. The van der Waals surface area contributed by atoms with E-state index in [9.17, 15) is 14.7 Å². The van der Waals surface area contributed by atoms with Crippen LogP contribution in [0.15, 0.2) is 24.9 Å². The summed E-state index contributed by atoms with van der Waals surface area (Å²) in [6.45, 7) is 13.2. The van der Waals surface area contributed by atoms with Gasteiger partial charge in [-0.3, -0.25) is 9.59 Å². The number of nitrogens with zero attached hydrogens (tertiary/aromatic N) is 2. The minimum atomic E-state index is -0.848. The summed E-state index contributed by atoms with van der Waals surface area (Å²) in [5.74, 6) is 0.267. The van der Waals surface area contributed by atoms with Gasteiger partial charge in [0.1, 0.15) is 5.60 Å². The first-order valence-corrected chi connectivity index (χ1v) is 13.9. The summed E-state index contributed by atoms with van der Waals surface area (Å²) in [6.07, 6.45) is 7.30. The van der Waals surface area contributed by atoms with Crippen molar-refractivity contribution in [2.24, 2.45) is 5.41 Å². The molecule has 38 heavy (non-hydrogen) atoms. The van der Waals surface area contributed by atoms with Gasteiger partial charge in [-0.1, -0.05) is 26.8 Å². The van der Waals surface area contributed by atoms with E-state index in [1.165, 1.54) is 12.5 Å². The molecule has 1 aromatic rings. The number of hydrogen-bond acceptors (Lipinski definition) is 7. The van der Waals surface area contributed by atoms with Crippen LogP contribution in [0.4, 0.5) is 0 Å². The lowest BCUT2D eigenvalue weighted by atomic mass is 9.73. The van der Waals surface area contributed by atoms with E-state index in [-0.39, 0.29) is 42.0 Å². The number of carbonyl (C=O) groups is 2. The Morgan fingerprint density at radius 1 is 1.37 bits per heavy atom. The lowest BCUT2D eigenvalue weighted by Crippen LogP contribution is -2.56. The molecule has 1 spiro atoms. The molecule has 2 aliphatic heterocycles. The number of fused-ring (bicyclic) bond motifs is 1. The molecule has 9 nitrogen and oxygen atoms in total. The highest BCUT2D eigenvalue weighted by molar-refractivity contribution is 5.82. The summed E-state index contributed by atoms with van der Waals surface area (Å²) in [4.78, 5) is 31.0. The molecule has 1 saturated carbocycles. The van der Waals surface area contributed by atoms with Gasteiger partial charge in [0.2, 0.25) is 11.8 Å². The van der Waals surface area contributed by atoms with Crippen LogP contribution in [0.1, 0.15) is 77.0 Å². The van der Waals surface area contributed by atoms with E-state index in [0.29, 0.717) is 25.5 Å². The highest BCUT2D eigenvalue weighted by Crippen LogP contribution is 2.48. The third-order valence-corrected chi connectivity index (χ3v) is 7.79. The lowest BCUT2D eigenvalue weighted by molar-refractivity contribution is -0.146. The molecule has 0 radical (unpaired) electrons. The van der Waals surface area contributed by atoms with Crippen LogP contribution in [-0.4, -0.2) is 76.9 Å². The minimum Gasteiger partial charge on any atom is -0.471 e. The third-order valence-electron chi connectivity index (χ3n) is 7.79. The van der Waals surface area contributed by atoms with Gasteiger partial charge in [-0.05, 0) is 49.1 Å². The number of aliphatic hydroxyl groups excluding tert-OH is 1. The number of hydrogen-bond donors (Lipinski definition) is 3. The summed E-state index contributed by atoms with van der Waals surface area (Å²) in [5.41, 5.74) is 2.14. The molecule has 1 aliphatic carbocycles. The van der Waals surface area contributed by atoms with Gasteiger partial charge in [-0.15, -0.1) is 6.58 Å². The zero-order chi connectivity index (χ0) is 27.5. The largest absolute Gasteiger partial charge is 0.471 e. The summed E-state index contributed by atoms with van der Waals surface area (Å²) in [7, 11) is 0. The Bertz CT molecular complexity index is 1020. The van der Waals surface area contributed by atoms with Gasteiger partial charge in [0.05, 0.1) is 25.3 Å². The maximum atomic E-state index is 12.9. The van der Waals surface area contributed by atoms with Crippen molar-refractivity contribution < 1.29 is 24.2 Å². The SMILES string of the molecule is C=CC[C@H](NC(=O)[C@H]1CN(C(C)=O)CCO1)[C@H](O)CN[C@H]1CC2(CCC2)Oc2ncc(CC(C)(C)C)cc21. The average molecular weight is 529 g/mol. The molecule has 0 unspecified atom stereocenters. The van der Waals surface area contributed by atoms with Gasteiger partial charge in [0.15, 0.2) is 6.10 Å².